The molecule has 0 radical (unpaired) electrons. The summed E-state index contributed by atoms with van der Waals surface area (Å²) in [6.07, 6.45) is 0. The van der Waals surface area contributed by atoms with E-state index in [0.29, 0.717) is 17.3 Å². The second-order valence-corrected chi connectivity index (χ2v) is 7.45. The van der Waals surface area contributed by atoms with Gasteiger partial charge in [-0.2, -0.15) is 0 Å². The third-order valence-electron chi connectivity index (χ3n) is 4.50. The summed E-state index contributed by atoms with van der Waals surface area (Å²) in [6.45, 7) is 2.57. The lowest BCUT2D eigenvalue weighted by molar-refractivity contribution is 0.102. The Morgan fingerprint density at radius 3 is 2.23 bits per heavy atom. The highest BCUT2D eigenvalue weighted by Crippen LogP contribution is 2.29. The Morgan fingerprint density at radius 2 is 1.57 bits per heavy atom. The van der Waals surface area contributed by atoms with Crippen molar-refractivity contribution in [1.82, 2.24) is 14.8 Å². The molecule has 0 aliphatic heterocycles. The molecule has 1 heterocycles. The van der Waals surface area contributed by atoms with Gasteiger partial charge in [-0.3, -0.25) is 9.36 Å². The number of benzene rings is 3. The van der Waals surface area contributed by atoms with E-state index in [4.69, 9.17) is 4.74 Å². The van der Waals surface area contributed by atoms with Gasteiger partial charge in [0.1, 0.15) is 5.75 Å². The summed E-state index contributed by atoms with van der Waals surface area (Å²) in [5, 5.41) is 9.48. The largest absolute Gasteiger partial charge is 0.494 e. The van der Waals surface area contributed by atoms with Crippen LogP contribution in [0.25, 0.3) is 17.1 Å². The van der Waals surface area contributed by atoms with Gasteiger partial charge < -0.3 is 4.74 Å². The number of hydrogen-bond donors (Lipinski definition) is 0. The third kappa shape index (κ3) is 4.44. The van der Waals surface area contributed by atoms with E-state index in [1.165, 1.54) is 11.8 Å². The standard InChI is InChI=1S/C24H21N3O2S/c1-2-29-21-15-13-20(14-16-21)27-23(19-11-7-4-8-12-19)25-26-24(27)30-17-22(28)18-9-5-3-6-10-18/h3-16H,2,17H2,1H3. The lowest BCUT2D eigenvalue weighted by atomic mass is 10.2. The second kappa shape index (κ2) is 9.41. The molecule has 0 saturated heterocycles. The zero-order chi connectivity index (χ0) is 20.8. The van der Waals surface area contributed by atoms with Crippen LogP contribution in [0.2, 0.25) is 0 Å². The maximum atomic E-state index is 12.6. The Kier molecular flexibility index (Phi) is 6.25. The average molecular weight is 416 g/mol. The van der Waals surface area contributed by atoms with Crippen LogP contribution in [-0.2, 0) is 0 Å². The van der Waals surface area contributed by atoms with Gasteiger partial charge in [0.05, 0.1) is 12.4 Å². The summed E-state index contributed by atoms with van der Waals surface area (Å²) in [6, 6.07) is 27.0. The van der Waals surface area contributed by atoms with Crippen LogP contribution in [0.5, 0.6) is 5.75 Å². The highest BCUT2D eigenvalue weighted by Gasteiger charge is 2.17. The molecule has 0 aliphatic carbocycles. The maximum Gasteiger partial charge on any atom is 0.196 e. The smallest absolute Gasteiger partial charge is 0.196 e. The van der Waals surface area contributed by atoms with Crippen molar-refractivity contribution in [2.24, 2.45) is 0 Å². The first-order valence-corrected chi connectivity index (χ1v) is 10.7. The predicted molar refractivity (Wildman–Crippen MR) is 119 cm³/mol. The zero-order valence-electron chi connectivity index (χ0n) is 16.6. The number of carbonyl (C=O) groups is 1. The Bertz CT molecular complexity index is 1110. The van der Waals surface area contributed by atoms with Crippen LogP contribution in [0.1, 0.15) is 17.3 Å². The first-order valence-electron chi connectivity index (χ1n) is 9.71. The minimum atomic E-state index is 0.0584. The molecule has 0 aliphatic rings. The zero-order valence-corrected chi connectivity index (χ0v) is 17.4. The van der Waals surface area contributed by atoms with Crippen molar-refractivity contribution in [3.05, 3.63) is 90.5 Å². The Balaban J connectivity index is 1.66. The van der Waals surface area contributed by atoms with E-state index >= 15 is 0 Å². The van der Waals surface area contributed by atoms with Gasteiger partial charge in [-0.25, -0.2) is 0 Å². The summed E-state index contributed by atoms with van der Waals surface area (Å²) >= 11 is 1.38. The molecule has 0 unspecified atom stereocenters. The summed E-state index contributed by atoms with van der Waals surface area (Å²) in [7, 11) is 0. The Labute approximate surface area is 179 Å². The molecule has 0 spiro atoms. The number of carbonyl (C=O) groups excluding carboxylic acids is 1. The van der Waals surface area contributed by atoms with Crippen molar-refractivity contribution in [3.8, 4) is 22.8 Å². The minimum Gasteiger partial charge on any atom is -0.494 e. The number of ether oxygens (including phenoxy) is 1. The third-order valence-corrected chi connectivity index (χ3v) is 5.43. The molecule has 30 heavy (non-hydrogen) atoms. The number of Topliss-reactive ketones (excluding diaryl/α,β-unsaturated/α-hetero) is 1. The molecule has 0 atom stereocenters. The van der Waals surface area contributed by atoms with E-state index in [-0.39, 0.29) is 11.5 Å². The highest BCUT2D eigenvalue weighted by atomic mass is 32.2. The van der Waals surface area contributed by atoms with E-state index in [1.807, 2.05) is 96.4 Å². The van der Waals surface area contributed by atoms with Crippen LogP contribution in [-0.4, -0.2) is 32.9 Å². The van der Waals surface area contributed by atoms with Gasteiger partial charge in [-0.05, 0) is 31.2 Å². The molecule has 3 aromatic carbocycles. The van der Waals surface area contributed by atoms with Crippen molar-refractivity contribution in [2.45, 2.75) is 12.1 Å². The summed E-state index contributed by atoms with van der Waals surface area (Å²) < 4.78 is 7.54. The minimum absolute atomic E-state index is 0.0584. The maximum absolute atomic E-state index is 12.6. The normalized spacial score (nSPS) is 10.7. The molecular formula is C24H21N3O2S. The molecule has 0 bridgehead atoms. The van der Waals surface area contributed by atoms with Gasteiger partial charge in [0.2, 0.25) is 0 Å². The first-order chi connectivity index (χ1) is 14.8. The highest BCUT2D eigenvalue weighted by molar-refractivity contribution is 7.99. The van der Waals surface area contributed by atoms with Gasteiger partial charge in [0.15, 0.2) is 16.8 Å². The fourth-order valence-corrected chi connectivity index (χ4v) is 3.91. The van der Waals surface area contributed by atoms with Gasteiger partial charge in [-0.1, -0.05) is 72.4 Å². The van der Waals surface area contributed by atoms with Crippen molar-refractivity contribution in [1.29, 1.82) is 0 Å². The van der Waals surface area contributed by atoms with Crippen LogP contribution in [0.3, 0.4) is 0 Å². The number of thioether (sulfide) groups is 1. The Hall–Kier alpha value is -3.38. The van der Waals surface area contributed by atoms with Crippen LogP contribution >= 0.6 is 11.8 Å². The summed E-state index contributed by atoms with van der Waals surface area (Å²) in [5.74, 6) is 1.88. The number of ketones is 1. The predicted octanol–water partition coefficient (Wildman–Crippen LogP) is 5.31. The Morgan fingerprint density at radius 1 is 0.900 bits per heavy atom. The number of hydrogen-bond acceptors (Lipinski definition) is 5. The molecule has 0 fully saturated rings. The first kappa shape index (κ1) is 19.9. The van der Waals surface area contributed by atoms with E-state index in [2.05, 4.69) is 10.2 Å². The number of rotatable bonds is 8. The molecule has 1 aromatic heterocycles. The van der Waals surface area contributed by atoms with Gasteiger partial charge in [-0.15, -0.1) is 10.2 Å². The van der Waals surface area contributed by atoms with Crippen molar-refractivity contribution >= 4 is 17.5 Å². The molecular weight excluding hydrogens is 394 g/mol. The molecule has 4 aromatic rings. The molecule has 150 valence electrons. The lowest BCUT2D eigenvalue weighted by Gasteiger charge is -2.11. The molecule has 4 rings (SSSR count). The van der Waals surface area contributed by atoms with Gasteiger partial charge >= 0.3 is 0 Å². The van der Waals surface area contributed by atoms with Crippen LogP contribution in [0.15, 0.2) is 90.1 Å². The molecule has 5 nitrogen and oxygen atoms in total. The van der Waals surface area contributed by atoms with E-state index in [9.17, 15) is 4.79 Å². The molecule has 0 amide bonds. The van der Waals surface area contributed by atoms with Crippen LogP contribution in [0.4, 0.5) is 0 Å². The summed E-state index contributed by atoms with van der Waals surface area (Å²) in [5.41, 5.74) is 2.57. The monoisotopic (exact) mass is 415 g/mol. The van der Waals surface area contributed by atoms with Crippen molar-refractivity contribution in [3.63, 3.8) is 0 Å². The topological polar surface area (TPSA) is 57.0 Å². The fourth-order valence-electron chi connectivity index (χ4n) is 3.07. The van der Waals surface area contributed by atoms with Crippen molar-refractivity contribution < 1.29 is 9.53 Å². The lowest BCUT2D eigenvalue weighted by Crippen LogP contribution is -2.05. The number of nitrogens with zero attached hydrogens (tertiary/aromatic N) is 3. The molecule has 0 saturated carbocycles. The fraction of sp³-hybridized carbons (Fsp3) is 0.125. The van der Waals surface area contributed by atoms with E-state index in [0.717, 1.165) is 22.8 Å². The van der Waals surface area contributed by atoms with E-state index in [1.54, 1.807) is 0 Å². The van der Waals surface area contributed by atoms with E-state index < -0.39 is 0 Å². The summed E-state index contributed by atoms with van der Waals surface area (Å²) in [4.78, 5) is 12.6. The SMILES string of the molecule is CCOc1ccc(-n2c(SCC(=O)c3ccccc3)nnc2-c2ccccc2)cc1. The quantitative estimate of drug-likeness (QED) is 0.288. The number of aromatic nitrogens is 3. The van der Waals surface area contributed by atoms with Gasteiger partial charge in [0, 0.05) is 16.8 Å². The average Bonchev–Trinajstić information content (AvgIpc) is 3.23. The molecule has 6 heteroatoms. The van der Waals surface area contributed by atoms with Crippen LogP contribution in [0, 0.1) is 0 Å². The molecule has 0 N–H and O–H groups in total. The van der Waals surface area contributed by atoms with Gasteiger partial charge in [0.25, 0.3) is 0 Å². The van der Waals surface area contributed by atoms with Crippen molar-refractivity contribution in [2.75, 3.05) is 12.4 Å². The van der Waals surface area contributed by atoms with Crippen LogP contribution < -0.4 is 4.74 Å². The second-order valence-electron chi connectivity index (χ2n) is 6.51.